The minimum absolute atomic E-state index is 0.0274. The summed E-state index contributed by atoms with van der Waals surface area (Å²) in [5.74, 6) is 0. The highest BCUT2D eigenvalue weighted by atomic mass is 16.5. The average Bonchev–Trinajstić information content (AvgIpc) is 3.15. The van der Waals surface area contributed by atoms with Gasteiger partial charge in [-0.2, -0.15) is 5.10 Å². The van der Waals surface area contributed by atoms with Gasteiger partial charge in [-0.15, -0.1) is 0 Å². The van der Waals surface area contributed by atoms with Crippen LogP contribution in [0.4, 0.5) is 0 Å². The molecule has 1 unspecified atom stereocenters. The van der Waals surface area contributed by atoms with E-state index in [1.807, 2.05) is 10.7 Å². The molecule has 2 aliphatic heterocycles. The van der Waals surface area contributed by atoms with E-state index >= 15 is 0 Å². The van der Waals surface area contributed by atoms with Crippen LogP contribution in [0.5, 0.6) is 0 Å². The summed E-state index contributed by atoms with van der Waals surface area (Å²) in [6.07, 6.45) is 7.47. The van der Waals surface area contributed by atoms with Crippen LogP contribution in [0, 0.1) is 0 Å². The first-order valence-electron chi connectivity index (χ1n) is 8.73. The zero-order valence-corrected chi connectivity index (χ0v) is 13.9. The second kappa shape index (κ2) is 7.01. The fourth-order valence-electron chi connectivity index (χ4n) is 3.76. The third-order valence-electron chi connectivity index (χ3n) is 5.14. The summed E-state index contributed by atoms with van der Waals surface area (Å²) in [7, 11) is 0. The summed E-state index contributed by atoms with van der Waals surface area (Å²) < 4.78 is 13.5. The van der Waals surface area contributed by atoms with Gasteiger partial charge in [0.1, 0.15) is 12.7 Å². The highest BCUT2D eigenvalue weighted by Gasteiger charge is 2.38. The Hall–Kier alpha value is -1.76. The molecule has 6 nitrogen and oxygen atoms in total. The first kappa shape index (κ1) is 15.7. The molecule has 2 aromatic rings. The first-order valence-corrected chi connectivity index (χ1v) is 8.73. The lowest BCUT2D eigenvalue weighted by molar-refractivity contribution is -0.140. The maximum Gasteiger partial charge on any atom is 0.138 e. The Morgan fingerprint density at radius 2 is 2.08 bits per heavy atom. The number of aromatic nitrogens is 3. The van der Waals surface area contributed by atoms with E-state index in [-0.39, 0.29) is 5.60 Å². The molecule has 1 spiro atoms. The summed E-state index contributed by atoms with van der Waals surface area (Å²) in [5, 5.41) is 7.98. The van der Waals surface area contributed by atoms with Gasteiger partial charge in [0, 0.05) is 32.4 Å². The molecule has 0 bridgehead atoms. The number of hydrogen-bond donors (Lipinski definition) is 1. The molecule has 1 atom stereocenters. The van der Waals surface area contributed by atoms with Crippen molar-refractivity contribution >= 4 is 0 Å². The molecule has 3 heterocycles. The Morgan fingerprint density at radius 1 is 1.21 bits per heavy atom. The molecule has 0 saturated carbocycles. The van der Waals surface area contributed by atoms with Gasteiger partial charge in [-0.05, 0) is 37.3 Å². The zero-order valence-electron chi connectivity index (χ0n) is 13.9. The van der Waals surface area contributed by atoms with Crippen molar-refractivity contribution in [2.45, 2.75) is 43.9 Å². The van der Waals surface area contributed by atoms with Crippen LogP contribution in [0.3, 0.4) is 0 Å². The molecule has 2 aliphatic rings. The summed E-state index contributed by atoms with van der Waals surface area (Å²) in [5.41, 5.74) is 2.34. The quantitative estimate of drug-likeness (QED) is 0.931. The largest absolute Gasteiger partial charge is 0.381 e. The Balaban J connectivity index is 1.42. The Labute approximate surface area is 142 Å². The van der Waals surface area contributed by atoms with E-state index in [0.29, 0.717) is 6.04 Å². The van der Waals surface area contributed by atoms with E-state index in [0.717, 1.165) is 57.7 Å². The fourth-order valence-corrected chi connectivity index (χ4v) is 3.76. The summed E-state index contributed by atoms with van der Waals surface area (Å²) in [4.78, 5) is 4.05. The number of rotatable bonds is 4. The van der Waals surface area contributed by atoms with Gasteiger partial charge in [-0.25, -0.2) is 9.67 Å². The van der Waals surface area contributed by atoms with Gasteiger partial charge in [-0.3, -0.25) is 0 Å². The SMILES string of the molecule is c1ccc(-n2cncn2)c(CNC2CCOC3(CCOCC3)C2)c1. The van der Waals surface area contributed by atoms with Gasteiger partial charge >= 0.3 is 0 Å². The highest BCUT2D eigenvalue weighted by molar-refractivity contribution is 5.39. The lowest BCUT2D eigenvalue weighted by atomic mass is 9.84. The van der Waals surface area contributed by atoms with Crippen LogP contribution in [0.2, 0.25) is 0 Å². The summed E-state index contributed by atoms with van der Waals surface area (Å²) in [6, 6.07) is 8.82. The lowest BCUT2D eigenvalue weighted by Crippen LogP contribution is -2.49. The van der Waals surface area contributed by atoms with Gasteiger partial charge in [0.25, 0.3) is 0 Å². The molecular formula is C18H24N4O2. The van der Waals surface area contributed by atoms with E-state index in [1.54, 1.807) is 12.7 Å². The van der Waals surface area contributed by atoms with Crippen molar-refractivity contribution in [3.8, 4) is 5.69 Å². The third kappa shape index (κ3) is 3.36. The number of ether oxygens (including phenoxy) is 2. The highest BCUT2D eigenvalue weighted by Crippen LogP contribution is 2.34. The monoisotopic (exact) mass is 328 g/mol. The van der Waals surface area contributed by atoms with Gasteiger partial charge in [0.15, 0.2) is 0 Å². The minimum Gasteiger partial charge on any atom is -0.381 e. The number of benzene rings is 1. The summed E-state index contributed by atoms with van der Waals surface area (Å²) in [6.45, 7) is 3.30. The second-order valence-electron chi connectivity index (χ2n) is 6.68. The van der Waals surface area contributed by atoms with Gasteiger partial charge < -0.3 is 14.8 Å². The van der Waals surface area contributed by atoms with Crippen LogP contribution in [-0.4, -0.2) is 46.2 Å². The van der Waals surface area contributed by atoms with Gasteiger partial charge in [-0.1, -0.05) is 18.2 Å². The normalized spacial score (nSPS) is 23.4. The van der Waals surface area contributed by atoms with E-state index in [1.165, 1.54) is 5.56 Å². The first-order chi connectivity index (χ1) is 11.8. The molecule has 6 heteroatoms. The second-order valence-corrected chi connectivity index (χ2v) is 6.68. The number of nitrogens with one attached hydrogen (secondary N) is 1. The molecule has 1 aromatic heterocycles. The molecule has 2 fully saturated rings. The molecule has 1 aromatic carbocycles. The number of para-hydroxylation sites is 1. The smallest absolute Gasteiger partial charge is 0.138 e. The summed E-state index contributed by atoms with van der Waals surface area (Å²) >= 11 is 0. The van der Waals surface area contributed by atoms with E-state index in [9.17, 15) is 0 Å². The predicted molar refractivity (Wildman–Crippen MR) is 90.0 cm³/mol. The molecule has 0 radical (unpaired) electrons. The van der Waals surface area contributed by atoms with E-state index in [4.69, 9.17) is 9.47 Å². The molecule has 1 N–H and O–H groups in total. The van der Waals surface area contributed by atoms with Crippen molar-refractivity contribution in [1.29, 1.82) is 0 Å². The van der Waals surface area contributed by atoms with Gasteiger partial charge in [0.2, 0.25) is 0 Å². The molecule has 0 amide bonds. The van der Waals surface area contributed by atoms with E-state index in [2.05, 4.69) is 33.6 Å². The van der Waals surface area contributed by atoms with Crippen LogP contribution in [0.1, 0.15) is 31.2 Å². The third-order valence-corrected chi connectivity index (χ3v) is 5.14. The molecule has 4 rings (SSSR count). The van der Waals surface area contributed by atoms with Crippen molar-refractivity contribution < 1.29 is 9.47 Å². The number of nitrogens with zero attached hydrogens (tertiary/aromatic N) is 3. The van der Waals surface area contributed by atoms with Crippen molar-refractivity contribution in [3.63, 3.8) is 0 Å². The Kier molecular flexibility index (Phi) is 4.60. The molecule has 2 saturated heterocycles. The van der Waals surface area contributed by atoms with Crippen LogP contribution in [-0.2, 0) is 16.0 Å². The number of hydrogen-bond acceptors (Lipinski definition) is 5. The Morgan fingerprint density at radius 3 is 2.92 bits per heavy atom. The van der Waals surface area contributed by atoms with Crippen LogP contribution < -0.4 is 5.32 Å². The van der Waals surface area contributed by atoms with Crippen LogP contribution >= 0.6 is 0 Å². The van der Waals surface area contributed by atoms with Crippen molar-refractivity contribution in [2.24, 2.45) is 0 Å². The predicted octanol–water partition coefficient (Wildman–Crippen LogP) is 2.09. The maximum absolute atomic E-state index is 6.13. The molecule has 0 aliphatic carbocycles. The van der Waals surface area contributed by atoms with Crippen molar-refractivity contribution in [2.75, 3.05) is 19.8 Å². The van der Waals surface area contributed by atoms with Crippen LogP contribution in [0.25, 0.3) is 5.69 Å². The molecule has 24 heavy (non-hydrogen) atoms. The van der Waals surface area contributed by atoms with E-state index < -0.39 is 0 Å². The van der Waals surface area contributed by atoms with Crippen LogP contribution in [0.15, 0.2) is 36.9 Å². The maximum atomic E-state index is 6.13. The average molecular weight is 328 g/mol. The standard InChI is InChI=1S/C18H24N4O2/c1-2-4-17(22-14-19-13-21-22)15(3-1)12-20-16-5-8-24-18(11-16)6-9-23-10-7-18/h1-4,13-14,16,20H,5-12H2. The van der Waals surface area contributed by atoms with Crippen molar-refractivity contribution in [3.05, 3.63) is 42.5 Å². The molecule has 128 valence electrons. The van der Waals surface area contributed by atoms with Gasteiger partial charge in [0.05, 0.1) is 11.3 Å². The molecular weight excluding hydrogens is 304 g/mol. The minimum atomic E-state index is 0.0274. The lowest BCUT2D eigenvalue weighted by Gasteiger charge is -2.43. The fraction of sp³-hybridized carbons (Fsp3) is 0.556. The van der Waals surface area contributed by atoms with Crippen molar-refractivity contribution in [1.82, 2.24) is 20.1 Å². The Bertz CT molecular complexity index is 647. The topological polar surface area (TPSA) is 61.2 Å². The zero-order chi connectivity index (χ0) is 16.2.